The van der Waals surface area contributed by atoms with E-state index >= 15 is 0 Å². The molecule has 6 N–H and O–H groups in total. The van der Waals surface area contributed by atoms with Crippen molar-refractivity contribution >= 4 is 35.4 Å². The molecule has 52 heavy (non-hydrogen) atoms. The van der Waals surface area contributed by atoms with Crippen molar-refractivity contribution in [2.45, 2.75) is 202 Å². The van der Waals surface area contributed by atoms with Crippen LogP contribution in [-0.4, -0.2) is 71.7 Å². The number of carbonyl (C=O) groups is 6. The molecule has 0 bridgehead atoms. The molecule has 0 aliphatic rings. The predicted octanol–water partition coefficient (Wildman–Crippen LogP) is 5.42. The van der Waals surface area contributed by atoms with Gasteiger partial charge in [0.1, 0.15) is 30.2 Å². The molecule has 0 saturated carbocycles. The fourth-order valence-electron chi connectivity index (χ4n) is 5.82. The van der Waals surface area contributed by atoms with Crippen molar-refractivity contribution in [3.8, 4) is 0 Å². The average molecular weight is 737 g/mol. The largest absolute Gasteiger partial charge is 0.352 e. The number of rotatable bonds is 28. The molecule has 0 unspecified atom stereocenters. The monoisotopic (exact) mass is 737 g/mol. The van der Waals surface area contributed by atoms with Crippen molar-refractivity contribution in [2.24, 2.45) is 17.8 Å². The van der Waals surface area contributed by atoms with E-state index in [4.69, 9.17) is 0 Å². The van der Waals surface area contributed by atoms with Crippen LogP contribution in [0.15, 0.2) is 0 Å². The summed E-state index contributed by atoms with van der Waals surface area (Å²) in [6, 6.07) is -4.66. The minimum Gasteiger partial charge on any atom is -0.352 e. The molecule has 12 nitrogen and oxygen atoms in total. The van der Waals surface area contributed by atoms with E-state index in [9.17, 15) is 28.8 Å². The van der Waals surface area contributed by atoms with Gasteiger partial charge in [-0.3, -0.25) is 28.8 Å². The van der Waals surface area contributed by atoms with Crippen LogP contribution in [0.4, 0.5) is 0 Å². The molecule has 0 radical (unpaired) electrons. The molecule has 0 aromatic heterocycles. The van der Waals surface area contributed by atoms with Gasteiger partial charge in [0.25, 0.3) is 0 Å². The maximum atomic E-state index is 13.5. The summed E-state index contributed by atoms with van der Waals surface area (Å²) in [5.74, 6) is -3.53. The standard InChI is InChI=1S/C40H76N6O6/c1-12-13-14-15-16-17-18-19-20-21-22-23-24-25-32(47)44-33(26(2)3)39(51)46-35(28(6)7)40(52)45-34(27(4)5)38(50)43-31(11)37(49)42-30(10)36(48)41-29(8)9/h26-31,33-35H,12-25H2,1-11H3,(H,41,48)(H,42,49)(H,43,50)(H,44,47)(H,45,52)(H,46,51)/t30-,31-,33-,34-,35-/m0/s1. The van der Waals surface area contributed by atoms with Crippen LogP contribution < -0.4 is 31.9 Å². The second kappa shape index (κ2) is 27.4. The molecule has 302 valence electrons. The number of unbranched alkanes of at least 4 members (excludes halogenated alkanes) is 12. The normalized spacial score (nSPS) is 14.4. The van der Waals surface area contributed by atoms with Gasteiger partial charge in [-0.1, -0.05) is 126 Å². The predicted molar refractivity (Wildman–Crippen MR) is 209 cm³/mol. The highest BCUT2D eigenvalue weighted by Crippen LogP contribution is 2.14. The van der Waals surface area contributed by atoms with Gasteiger partial charge in [-0.25, -0.2) is 0 Å². The summed E-state index contributed by atoms with van der Waals surface area (Å²) in [5.41, 5.74) is 0. The van der Waals surface area contributed by atoms with Gasteiger partial charge in [0.2, 0.25) is 35.4 Å². The highest BCUT2D eigenvalue weighted by atomic mass is 16.2. The summed E-state index contributed by atoms with van der Waals surface area (Å²) < 4.78 is 0. The van der Waals surface area contributed by atoms with Crippen molar-refractivity contribution in [3.63, 3.8) is 0 Å². The summed E-state index contributed by atoms with van der Waals surface area (Å²) in [5, 5.41) is 16.4. The van der Waals surface area contributed by atoms with Gasteiger partial charge in [-0.05, 0) is 51.9 Å². The topological polar surface area (TPSA) is 175 Å². The molecule has 0 heterocycles. The lowest BCUT2D eigenvalue weighted by atomic mass is 9.97. The van der Waals surface area contributed by atoms with Crippen LogP contribution in [0.5, 0.6) is 0 Å². The fourth-order valence-corrected chi connectivity index (χ4v) is 5.82. The van der Waals surface area contributed by atoms with Gasteiger partial charge < -0.3 is 31.9 Å². The number of hydrogen-bond acceptors (Lipinski definition) is 6. The molecule has 5 atom stereocenters. The van der Waals surface area contributed by atoms with E-state index in [2.05, 4.69) is 38.8 Å². The lowest BCUT2D eigenvalue weighted by Crippen LogP contribution is -2.61. The Labute approximate surface area is 315 Å². The highest BCUT2D eigenvalue weighted by molar-refractivity contribution is 5.96. The maximum absolute atomic E-state index is 13.5. The van der Waals surface area contributed by atoms with Crippen molar-refractivity contribution in [3.05, 3.63) is 0 Å². The molecule has 0 fully saturated rings. The van der Waals surface area contributed by atoms with E-state index in [1.807, 2.05) is 27.7 Å². The van der Waals surface area contributed by atoms with Crippen LogP contribution in [0.25, 0.3) is 0 Å². The lowest BCUT2D eigenvalue weighted by molar-refractivity contribution is -0.136. The summed E-state index contributed by atoms with van der Waals surface area (Å²) >= 11 is 0. The average Bonchev–Trinajstić information content (AvgIpc) is 3.05. The summed E-state index contributed by atoms with van der Waals surface area (Å²) in [7, 11) is 0. The second-order valence-corrected chi connectivity index (χ2v) is 15.9. The van der Waals surface area contributed by atoms with Gasteiger partial charge in [0.05, 0.1) is 0 Å². The summed E-state index contributed by atoms with van der Waals surface area (Å²) in [4.78, 5) is 77.9. The zero-order chi connectivity index (χ0) is 39.8. The van der Waals surface area contributed by atoms with E-state index < -0.39 is 53.8 Å². The molecular weight excluding hydrogens is 660 g/mol. The van der Waals surface area contributed by atoms with Crippen molar-refractivity contribution in [1.82, 2.24) is 31.9 Å². The molecule has 0 spiro atoms. The maximum Gasteiger partial charge on any atom is 0.243 e. The third-order valence-corrected chi connectivity index (χ3v) is 9.20. The number of carbonyl (C=O) groups excluding carboxylic acids is 6. The van der Waals surface area contributed by atoms with Crippen LogP contribution in [-0.2, 0) is 28.8 Å². The third kappa shape index (κ3) is 21.4. The molecular formula is C40H76N6O6. The Kier molecular flexibility index (Phi) is 25.8. The van der Waals surface area contributed by atoms with E-state index in [1.165, 1.54) is 71.1 Å². The van der Waals surface area contributed by atoms with E-state index in [0.29, 0.717) is 6.42 Å². The minimum atomic E-state index is -0.997. The van der Waals surface area contributed by atoms with Crippen molar-refractivity contribution in [1.29, 1.82) is 0 Å². The lowest BCUT2D eigenvalue weighted by Gasteiger charge is -2.30. The number of nitrogens with one attached hydrogen (secondary N) is 6. The van der Waals surface area contributed by atoms with Crippen LogP contribution in [0.1, 0.15) is 166 Å². The fraction of sp³-hybridized carbons (Fsp3) is 0.850. The zero-order valence-electron chi connectivity index (χ0n) is 34.5. The quantitative estimate of drug-likeness (QED) is 0.0585. The van der Waals surface area contributed by atoms with Crippen LogP contribution >= 0.6 is 0 Å². The van der Waals surface area contributed by atoms with E-state index in [1.54, 1.807) is 34.6 Å². The van der Waals surface area contributed by atoms with Crippen LogP contribution in [0, 0.1) is 17.8 Å². The molecule has 0 aromatic rings. The van der Waals surface area contributed by atoms with Gasteiger partial charge >= 0.3 is 0 Å². The van der Waals surface area contributed by atoms with E-state index in [-0.39, 0.29) is 35.6 Å². The number of amides is 6. The Morgan fingerprint density at radius 2 is 0.673 bits per heavy atom. The van der Waals surface area contributed by atoms with Gasteiger partial charge in [0.15, 0.2) is 0 Å². The molecule has 0 aliphatic carbocycles. The molecule has 0 aromatic carbocycles. The SMILES string of the molecule is CCCCCCCCCCCCCCCC(=O)N[C@H](C(=O)N[C@H](C(=O)N[C@H](C(=O)N[C@@H](C)C(=O)N[C@@H](C)C(=O)NC(C)C)C(C)C)C(C)C)C(C)C. The Morgan fingerprint density at radius 1 is 0.365 bits per heavy atom. The van der Waals surface area contributed by atoms with Crippen molar-refractivity contribution in [2.75, 3.05) is 0 Å². The summed E-state index contributed by atoms with van der Waals surface area (Å²) in [6.45, 7) is 19.7. The highest BCUT2D eigenvalue weighted by Gasteiger charge is 2.34. The second-order valence-electron chi connectivity index (χ2n) is 15.9. The molecule has 6 amide bonds. The molecule has 0 saturated heterocycles. The molecule has 12 heteroatoms. The van der Waals surface area contributed by atoms with Crippen molar-refractivity contribution < 1.29 is 28.8 Å². The van der Waals surface area contributed by atoms with Crippen LogP contribution in [0.3, 0.4) is 0 Å². The first kappa shape index (κ1) is 48.8. The molecule has 0 rings (SSSR count). The Bertz CT molecular complexity index is 1080. The minimum absolute atomic E-state index is 0.0901. The first-order chi connectivity index (χ1) is 24.4. The first-order valence-corrected chi connectivity index (χ1v) is 20.2. The van der Waals surface area contributed by atoms with Gasteiger partial charge in [-0.15, -0.1) is 0 Å². The zero-order valence-corrected chi connectivity index (χ0v) is 34.5. The smallest absolute Gasteiger partial charge is 0.243 e. The Hall–Kier alpha value is -3.18. The van der Waals surface area contributed by atoms with Gasteiger partial charge in [-0.2, -0.15) is 0 Å². The molecule has 0 aliphatic heterocycles. The Morgan fingerprint density at radius 3 is 1.04 bits per heavy atom. The first-order valence-electron chi connectivity index (χ1n) is 20.2. The van der Waals surface area contributed by atoms with E-state index in [0.717, 1.165) is 19.3 Å². The Balaban J connectivity index is 4.99. The number of hydrogen-bond donors (Lipinski definition) is 6. The third-order valence-electron chi connectivity index (χ3n) is 9.20. The van der Waals surface area contributed by atoms with Gasteiger partial charge in [0, 0.05) is 12.5 Å². The van der Waals surface area contributed by atoms with Crippen LogP contribution in [0.2, 0.25) is 0 Å². The summed E-state index contributed by atoms with van der Waals surface area (Å²) in [6.07, 6.45) is 16.2.